The van der Waals surface area contributed by atoms with E-state index in [1.54, 1.807) is 31.4 Å². The molecule has 3 rings (SSSR count). The van der Waals surface area contributed by atoms with Crippen LogP contribution in [0, 0.1) is 0 Å². The molecule has 1 aliphatic rings. The van der Waals surface area contributed by atoms with Crippen LogP contribution in [0.5, 0.6) is 11.5 Å². The SMILES string of the molecule is CCOc1ccc(CNC(=O)c2cccc(S(=O)(=O)N3CC(C)OC(C)C3)c2)cc1OC. The molecule has 1 aliphatic heterocycles. The zero-order chi connectivity index (χ0) is 23.3. The first kappa shape index (κ1) is 24.0. The van der Waals surface area contributed by atoms with E-state index in [0.717, 1.165) is 5.56 Å². The number of amides is 1. The van der Waals surface area contributed by atoms with Crippen molar-refractivity contribution in [2.75, 3.05) is 26.8 Å². The van der Waals surface area contributed by atoms with Gasteiger partial charge in [0, 0.05) is 25.2 Å². The van der Waals surface area contributed by atoms with Gasteiger partial charge in [-0.2, -0.15) is 4.31 Å². The van der Waals surface area contributed by atoms with Gasteiger partial charge in [0.15, 0.2) is 11.5 Å². The number of sulfonamides is 1. The molecule has 1 saturated heterocycles. The van der Waals surface area contributed by atoms with Crippen LogP contribution < -0.4 is 14.8 Å². The number of hydrogen-bond acceptors (Lipinski definition) is 6. The number of benzene rings is 2. The standard InChI is InChI=1S/C23H30N2O6S/c1-5-30-21-10-9-18(11-22(21)29-4)13-24-23(26)19-7-6-8-20(12-19)32(27,28)25-14-16(2)31-17(3)15-25/h6-12,16-17H,5,13-15H2,1-4H3,(H,24,26). The summed E-state index contributed by atoms with van der Waals surface area (Å²) in [5, 5.41) is 2.83. The Kier molecular flexibility index (Phi) is 7.76. The molecule has 1 fully saturated rings. The van der Waals surface area contributed by atoms with Crippen molar-refractivity contribution >= 4 is 15.9 Å². The predicted octanol–water partition coefficient (Wildman–Crippen LogP) is 2.82. The normalized spacial score (nSPS) is 19.4. The maximum atomic E-state index is 13.1. The lowest BCUT2D eigenvalue weighted by Crippen LogP contribution is -2.48. The Balaban J connectivity index is 1.72. The highest BCUT2D eigenvalue weighted by molar-refractivity contribution is 7.89. The molecule has 2 unspecified atom stereocenters. The molecule has 32 heavy (non-hydrogen) atoms. The predicted molar refractivity (Wildman–Crippen MR) is 121 cm³/mol. The first-order valence-electron chi connectivity index (χ1n) is 10.6. The molecule has 1 N–H and O–H groups in total. The number of ether oxygens (including phenoxy) is 3. The average Bonchev–Trinajstić information content (AvgIpc) is 2.77. The first-order chi connectivity index (χ1) is 15.2. The molecule has 1 amide bonds. The fourth-order valence-corrected chi connectivity index (χ4v) is 5.29. The van der Waals surface area contributed by atoms with Gasteiger partial charge in [0.25, 0.3) is 5.91 Å². The molecule has 0 spiro atoms. The van der Waals surface area contributed by atoms with Gasteiger partial charge in [-0.1, -0.05) is 12.1 Å². The van der Waals surface area contributed by atoms with Crippen LogP contribution in [0.3, 0.4) is 0 Å². The van der Waals surface area contributed by atoms with E-state index < -0.39 is 10.0 Å². The van der Waals surface area contributed by atoms with Crippen molar-refractivity contribution in [1.82, 2.24) is 9.62 Å². The molecule has 0 aliphatic carbocycles. The van der Waals surface area contributed by atoms with Gasteiger partial charge < -0.3 is 19.5 Å². The third-order valence-corrected chi connectivity index (χ3v) is 6.93. The summed E-state index contributed by atoms with van der Waals surface area (Å²) in [4.78, 5) is 12.8. The van der Waals surface area contributed by atoms with E-state index in [2.05, 4.69) is 5.32 Å². The molecule has 2 atom stereocenters. The van der Waals surface area contributed by atoms with E-state index in [1.807, 2.05) is 26.8 Å². The van der Waals surface area contributed by atoms with Gasteiger partial charge in [0.2, 0.25) is 10.0 Å². The summed E-state index contributed by atoms with van der Waals surface area (Å²) >= 11 is 0. The fraction of sp³-hybridized carbons (Fsp3) is 0.435. The Labute approximate surface area is 189 Å². The summed E-state index contributed by atoms with van der Waals surface area (Å²) in [6.07, 6.45) is -0.378. The largest absolute Gasteiger partial charge is 0.493 e. The average molecular weight is 463 g/mol. The van der Waals surface area contributed by atoms with E-state index in [1.165, 1.54) is 16.4 Å². The van der Waals surface area contributed by atoms with Crippen LogP contribution in [0.15, 0.2) is 47.4 Å². The second kappa shape index (κ2) is 10.3. The van der Waals surface area contributed by atoms with Crippen molar-refractivity contribution in [3.05, 3.63) is 53.6 Å². The lowest BCUT2D eigenvalue weighted by atomic mass is 10.1. The van der Waals surface area contributed by atoms with Gasteiger partial charge in [0.1, 0.15) is 0 Å². The van der Waals surface area contributed by atoms with Crippen LogP contribution in [-0.4, -0.2) is 57.6 Å². The van der Waals surface area contributed by atoms with Crippen molar-refractivity contribution in [3.63, 3.8) is 0 Å². The van der Waals surface area contributed by atoms with Crippen LogP contribution in [0.1, 0.15) is 36.7 Å². The Morgan fingerprint density at radius 1 is 1.12 bits per heavy atom. The molecule has 0 radical (unpaired) electrons. The second-order valence-electron chi connectivity index (χ2n) is 7.71. The quantitative estimate of drug-likeness (QED) is 0.648. The third-order valence-electron chi connectivity index (χ3n) is 5.10. The van der Waals surface area contributed by atoms with Crippen LogP contribution >= 0.6 is 0 Å². The van der Waals surface area contributed by atoms with Crippen molar-refractivity contribution in [1.29, 1.82) is 0 Å². The van der Waals surface area contributed by atoms with Crippen LogP contribution in [0.2, 0.25) is 0 Å². The zero-order valence-corrected chi connectivity index (χ0v) is 19.6. The number of nitrogens with zero attached hydrogens (tertiary/aromatic N) is 1. The van der Waals surface area contributed by atoms with Crippen LogP contribution in [-0.2, 0) is 21.3 Å². The van der Waals surface area contributed by atoms with Crippen LogP contribution in [0.4, 0.5) is 0 Å². The lowest BCUT2D eigenvalue weighted by molar-refractivity contribution is -0.0440. The van der Waals surface area contributed by atoms with Crippen molar-refractivity contribution in [2.24, 2.45) is 0 Å². The highest BCUT2D eigenvalue weighted by atomic mass is 32.2. The highest BCUT2D eigenvalue weighted by Gasteiger charge is 2.32. The Bertz CT molecular complexity index is 1050. The molecule has 2 aromatic rings. The number of hydrogen-bond donors (Lipinski definition) is 1. The zero-order valence-electron chi connectivity index (χ0n) is 18.8. The molecule has 8 nitrogen and oxygen atoms in total. The lowest BCUT2D eigenvalue weighted by Gasteiger charge is -2.34. The van der Waals surface area contributed by atoms with Crippen molar-refractivity contribution < 1.29 is 27.4 Å². The monoisotopic (exact) mass is 462 g/mol. The van der Waals surface area contributed by atoms with Gasteiger partial charge in [-0.05, 0) is 56.7 Å². The maximum absolute atomic E-state index is 13.1. The number of methoxy groups -OCH3 is 1. The minimum absolute atomic E-state index is 0.0918. The molecule has 2 aromatic carbocycles. The summed E-state index contributed by atoms with van der Waals surface area (Å²) in [5.74, 6) is 0.856. The van der Waals surface area contributed by atoms with E-state index >= 15 is 0 Å². The summed E-state index contributed by atoms with van der Waals surface area (Å²) in [6.45, 7) is 6.93. The Hall–Kier alpha value is -2.62. The van der Waals surface area contributed by atoms with E-state index in [9.17, 15) is 13.2 Å². The van der Waals surface area contributed by atoms with Gasteiger partial charge in [-0.25, -0.2) is 8.42 Å². The summed E-state index contributed by atoms with van der Waals surface area (Å²) in [5.41, 5.74) is 1.11. The smallest absolute Gasteiger partial charge is 0.251 e. The minimum atomic E-state index is -3.73. The summed E-state index contributed by atoms with van der Waals surface area (Å²) in [7, 11) is -2.17. The number of nitrogens with one attached hydrogen (secondary N) is 1. The van der Waals surface area contributed by atoms with Crippen LogP contribution in [0.25, 0.3) is 0 Å². The summed E-state index contributed by atoms with van der Waals surface area (Å²) in [6, 6.07) is 11.5. The number of rotatable bonds is 8. The first-order valence-corrected chi connectivity index (χ1v) is 12.0. The van der Waals surface area contributed by atoms with Gasteiger partial charge >= 0.3 is 0 Å². The van der Waals surface area contributed by atoms with Gasteiger partial charge in [0.05, 0.1) is 30.8 Å². The van der Waals surface area contributed by atoms with Gasteiger partial charge in [-0.15, -0.1) is 0 Å². The molecule has 174 valence electrons. The molecule has 0 aromatic heterocycles. The molecular formula is C23H30N2O6S. The number of carbonyl (C=O) groups is 1. The van der Waals surface area contributed by atoms with Crippen molar-refractivity contribution in [3.8, 4) is 11.5 Å². The van der Waals surface area contributed by atoms with Gasteiger partial charge in [-0.3, -0.25) is 4.79 Å². The molecule has 9 heteroatoms. The minimum Gasteiger partial charge on any atom is -0.493 e. The fourth-order valence-electron chi connectivity index (χ4n) is 3.65. The summed E-state index contributed by atoms with van der Waals surface area (Å²) < 4.78 is 44.1. The Morgan fingerprint density at radius 2 is 1.84 bits per heavy atom. The van der Waals surface area contributed by atoms with Crippen molar-refractivity contribution in [2.45, 2.75) is 44.4 Å². The molecule has 0 saturated carbocycles. The van der Waals surface area contributed by atoms with E-state index in [4.69, 9.17) is 14.2 Å². The topological polar surface area (TPSA) is 94.2 Å². The highest BCUT2D eigenvalue weighted by Crippen LogP contribution is 2.28. The third kappa shape index (κ3) is 5.59. The second-order valence-corrected chi connectivity index (χ2v) is 9.65. The molecular weight excluding hydrogens is 432 g/mol. The number of morpholine rings is 1. The maximum Gasteiger partial charge on any atom is 0.251 e. The number of carbonyl (C=O) groups excluding carboxylic acids is 1. The van der Waals surface area contributed by atoms with E-state index in [-0.39, 0.29) is 48.2 Å². The van der Waals surface area contributed by atoms with E-state index in [0.29, 0.717) is 18.1 Å². The Morgan fingerprint density at radius 3 is 2.50 bits per heavy atom. The molecule has 0 bridgehead atoms. The molecule has 1 heterocycles.